The summed E-state index contributed by atoms with van der Waals surface area (Å²) in [6.07, 6.45) is 2.67. The minimum Gasteiger partial charge on any atom is -0.453 e. The van der Waals surface area contributed by atoms with E-state index in [1.807, 2.05) is 17.9 Å². The highest BCUT2D eigenvalue weighted by atomic mass is 32.2. The predicted octanol–water partition coefficient (Wildman–Crippen LogP) is 2.07. The van der Waals surface area contributed by atoms with Gasteiger partial charge in [-0.05, 0) is 39.2 Å². The number of anilines is 1. The number of nitrogens with two attached hydrogens (primary N) is 1. The van der Waals surface area contributed by atoms with Crippen molar-refractivity contribution in [3.05, 3.63) is 47.3 Å². The first-order valence-electron chi connectivity index (χ1n) is 11.2. The van der Waals surface area contributed by atoms with Gasteiger partial charge in [-0.1, -0.05) is 30.3 Å². The Bertz CT molecular complexity index is 1010. The SMILES string of the molecule is CCN(C(=O)COc1nc(C)c(N)c(C)n1)C1CCN(Cc2ccccc2)CC1.CS(=O)(=O)O. The predicted molar refractivity (Wildman–Crippen MR) is 131 cm³/mol. The van der Waals surface area contributed by atoms with Gasteiger partial charge in [0, 0.05) is 32.2 Å². The third-order valence-corrected chi connectivity index (χ3v) is 5.54. The Kier molecular flexibility index (Phi) is 10.2. The van der Waals surface area contributed by atoms with Gasteiger partial charge in [0.15, 0.2) is 6.61 Å². The molecule has 1 aromatic carbocycles. The number of rotatable bonds is 7. The third-order valence-electron chi connectivity index (χ3n) is 5.54. The molecular weight excluding hydrogens is 458 g/mol. The minimum absolute atomic E-state index is 0.0234. The molecule has 2 aromatic rings. The van der Waals surface area contributed by atoms with Crippen molar-refractivity contribution in [3.63, 3.8) is 0 Å². The first kappa shape index (κ1) is 27.5. The standard InChI is InChI=1S/C22H31N5O2.CH4O3S/c1-4-27(20(28)15-29-22-24-16(2)21(23)17(3)25-22)19-10-12-26(13-11-19)14-18-8-6-5-7-9-18;1-5(2,3)4/h5-9,19H,4,10-15,23H2,1-3H3;1H3,(H,2,3,4). The molecular formula is C23H35N5O5S. The van der Waals surface area contributed by atoms with Gasteiger partial charge in [0.05, 0.1) is 23.3 Å². The summed E-state index contributed by atoms with van der Waals surface area (Å²) in [4.78, 5) is 25.6. The zero-order valence-electron chi connectivity index (χ0n) is 20.3. The molecule has 0 unspecified atom stereocenters. The van der Waals surface area contributed by atoms with Crippen LogP contribution in [0.5, 0.6) is 6.01 Å². The van der Waals surface area contributed by atoms with E-state index in [0.717, 1.165) is 32.5 Å². The fourth-order valence-corrected chi connectivity index (χ4v) is 3.84. The number of hydrogen-bond donors (Lipinski definition) is 2. The van der Waals surface area contributed by atoms with Gasteiger partial charge < -0.3 is 15.4 Å². The van der Waals surface area contributed by atoms with Crippen LogP contribution in [-0.4, -0.2) is 77.2 Å². The molecule has 10 nitrogen and oxygen atoms in total. The van der Waals surface area contributed by atoms with Gasteiger partial charge in [-0.2, -0.15) is 18.4 Å². The van der Waals surface area contributed by atoms with Gasteiger partial charge in [-0.3, -0.25) is 14.2 Å². The summed E-state index contributed by atoms with van der Waals surface area (Å²) in [6.45, 7) is 9.19. The minimum atomic E-state index is -3.67. The van der Waals surface area contributed by atoms with Crippen molar-refractivity contribution in [1.29, 1.82) is 0 Å². The van der Waals surface area contributed by atoms with Gasteiger partial charge in [0.1, 0.15) is 0 Å². The second-order valence-electron chi connectivity index (χ2n) is 8.29. The number of aryl methyl sites for hydroxylation is 2. The highest BCUT2D eigenvalue weighted by molar-refractivity contribution is 7.85. The molecule has 0 atom stereocenters. The summed E-state index contributed by atoms with van der Waals surface area (Å²) in [5, 5.41) is 0. The second kappa shape index (κ2) is 12.6. The normalized spacial score (nSPS) is 14.7. The first-order valence-corrected chi connectivity index (χ1v) is 13.0. The van der Waals surface area contributed by atoms with E-state index in [2.05, 4.69) is 39.1 Å². The van der Waals surface area contributed by atoms with Crippen LogP contribution < -0.4 is 10.5 Å². The zero-order chi connectivity index (χ0) is 25.3. The van der Waals surface area contributed by atoms with Gasteiger partial charge in [-0.25, -0.2) is 0 Å². The zero-order valence-corrected chi connectivity index (χ0v) is 21.1. The second-order valence-corrected chi connectivity index (χ2v) is 9.75. The van der Waals surface area contributed by atoms with Crippen molar-refractivity contribution in [3.8, 4) is 6.01 Å². The molecule has 3 rings (SSSR count). The van der Waals surface area contributed by atoms with Crippen molar-refractivity contribution in [2.24, 2.45) is 0 Å². The smallest absolute Gasteiger partial charge is 0.317 e. The lowest BCUT2D eigenvalue weighted by Crippen LogP contribution is -2.48. The van der Waals surface area contributed by atoms with E-state index in [4.69, 9.17) is 15.0 Å². The molecule has 1 aliphatic heterocycles. The number of amides is 1. The Morgan fingerprint density at radius 1 is 1.18 bits per heavy atom. The van der Waals surface area contributed by atoms with Crippen molar-refractivity contribution in [2.75, 3.05) is 38.2 Å². The lowest BCUT2D eigenvalue weighted by atomic mass is 10.0. The third kappa shape index (κ3) is 9.24. The van der Waals surface area contributed by atoms with Crippen LogP contribution in [0.4, 0.5) is 5.69 Å². The van der Waals surface area contributed by atoms with Crippen LogP contribution >= 0.6 is 0 Å². The molecule has 2 heterocycles. The topological polar surface area (TPSA) is 139 Å². The van der Waals surface area contributed by atoms with E-state index in [1.54, 1.807) is 13.8 Å². The summed E-state index contributed by atoms with van der Waals surface area (Å²) in [6, 6.07) is 11.0. The number of carbonyl (C=O) groups is 1. The fraction of sp³-hybridized carbons (Fsp3) is 0.522. The molecule has 1 saturated heterocycles. The lowest BCUT2D eigenvalue weighted by molar-refractivity contribution is -0.136. The molecule has 1 fully saturated rings. The number of likely N-dealkylation sites (tertiary alicyclic amines) is 1. The Morgan fingerprint density at radius 2 is 1.71 bits per heavy atom. The summed E-state index contributed by atoms with van der Waals surface area (Å²) >= 11 is 0. The quantitative estimate of drug-likeness (QED) is 0.555. The van der Waals surface area contributed by atoms with E-state index in [0.29, 0.717) is 29.9 Å². The first-order chi connectivity index (χ1) is 16.0. The number of nitrogens with zero attached hydrogens (tertiary/aromatic N) is 4. The Balaban J connectivity index is 0.000000739. The maximum Gasteiger partial charge on any atom is 0.317 e. The summed E-state index contributed by atoms with van der Waals surface area (Å²) < 4.78 is 31.4. The molecule has 1 aliphatic rings. The Labute approximate surface area is 201 Å². The molecule has 1 aromatic heterocycles. The van der Waals surface area contributed by atoms with Gasteiger partial charge >= 0.3 is 6.01 Å². The molecule has 0 aliphatic carbocycles. The highest BCUT2D eigenvalue weighted by Crippen LogP contribution is 2.19. The number of carbonyl (C=O) groups excluding carboxylic acids is 1. The number of aromatic nitrogens is 2. The van der Waals surface area contributed by atoms with Crippen molar-refractivity contribution >= 4 is 21.7 Å². The summed E-state index contributed by atoms with van der Waals surface area (Å²) in [7, 11) is -3.67. The van der Waals surface area contributed by atoms with Crippen molar-refractivity contribution in [2.45, 2.75) is 46.2 Å². The molecule has 11 heteroatoms. The average Bonchev–Trinajstić information content (AvgIpc) is 2.77. The van der Waals surface area contributed by atoms with Crippen LogP contribution in [-0.2, 0) is 21.5 Å². The summed E-state index contributed by atoms with van der Waals surface area (Å²) in [5.74, 6) is -0.0234. The van der Waals surface area contributed by atoms with Crippen molar-refractivity contribution < 1.29 is 22.5 Å². The maximum atomic E-state index is 12.8. The van der Waals surface area contributed by atoms with E-state index < -0.39 is 10.1 Å². The monoisotopic (exact) mass is 493 g/mol. The molecule has 3 N–H and O–H groups in total. The fourth-order valence-electron chi connectivity index (χ4n) is 3.84. The largest absolute Gasteiger partial charge is 0.453 e. The molecule has 188 valence electrons. The molecule has 0 bridgehead atoms. The number of nitrogen functional groups attached to an aromatic ring is 1. The number of piperidine rings is 1. The van der Waals surface area contributed by atoms with Gasteiger partial charge in [-0.15, -0.1) is 0 Å². The number of ether oxygens (including phenoxy) is 1. The Morgan fingerprint density at radius 3 is 2.21 bits per heavy atom. The number of likely N-dealkylation sites (N-methyl/N-ethyl adjacent to an activating group) is 1. The van der Waals surface area contributed by atoms with E-state index >= 15 is 0 Å². The highest BCUT2D eigenvalue weighted by Gasteiger charge is 2.27. The Hall–Kier alpha value is -2.76. The van der Waals surface area contributed by atoms with Crippen LogP contribution in [0.2, 0.25) is 0 Å². The van der Waals surface area contributed by atoms with Gasteiger partial charge in [0.2, 0.25) is 0 Å². The molecule has 0 saturated carbocycles. The van der Waals surface area contributed by atoms with Crippen LogP contribution in [0.3, 0.4) is 0 Å². The van der Waals surface area contributed by atoms with Crippen LogP contribution in [0.25, 0.3) is 0 Å². The van der Waals surface area contributed by atoms with Crippen LogP contribution in [0.15, 0.2) is 30.3 Å². The summed E-state index contributed by atoms with van der Waals surface area (Å²) in [5.41, 5.74) is 9.09. The lowest BCUT2D eigenvalue weighted by Gasteiger charge is -2.38. The maximum absolute atomic E-state index is 12.8. The van der Waals surface area contributed by atoms with E-state index in [9.17, 15) is 13.2 Å². The van der Waals surface area contributed by atoms with Crippen LogP contribution in [0, 0.1) is 13.8 Å². The molecule has 0 radical (unpaired) electrons. The molecule has 34 heavy (non-hydrogen) atoms. The van der Waals surface area contributed by atoms with E-state index in [-0.39, 0.29) is 24.6 Å². The molecule has 0 spiro atoms. The number of benzene rings is 1. The van der Waals surface area contributed by atoms with Crippen LogP contribution in [0.1, 0.15) is 36.7 Å². The van der Waals surface area contributed by atoms with Gasteiger partial charge in [0.25, 0.3) is 16.0 Å². The molecule has 1 amide bonds. The van der Waals surface area contributed by atoms with Crippen molar-refractivity contribution in [1.82, 2.24) is 19.8 Å². The number of hydrogen-bond acceptors (Lipinski definition) is 8. The average molecular weight is 494 g/mol. The van der Waals surface area contributed by atoms with E-state index in [1.165, 1.54) is 5.56 Å².